The lowest BCUT2D eigenvalue weighted by molar-refractivity contribution is -0.380. The van der Waals surface area contributed by atoms with Gasteiger partial charge in [0.05, 0.1) is 16.1 Å². The lowest BCUT2D eigenvalue weighted by Gasteiger charge is -2.32. The molecular weight excluding hydrogens is 241 g/mol. The Labute approximate surface area is 104 Å². The molecule has 2 rings (SSSR count). The van der Waals surface area contributed by atoms with E-state index in [9.17, 15) is 10.1 Å². The summed E-state index contributed by atoms with van der Waals surface area (Å²) < 4.78 is 12.3. The Morgan fingerprint density at radius 2 is 1.76 bits per heavy atom. The van der Waals surface area contributed by atoms with Gasteiger partial charge in [-0.3, -0.25) is 10.1 Å². The van der Waals surface area contributed by atoms with Gasteiger partial charge >= 0.3 is 12.1 Å². The van der Waals surface area contributed by atoms with Crippen molar-refractivity contribution >= 4 is 28.2 Å². The number of rotatable bonds is 2. The molecule has 7 heteroatoms. The van der Waals surface area contributed by atoms with Gasteiger partial charge in [0, 0.05) is 10.8 Å². The van der Waals surface area contributed by atoms with Crippen molar-refractivity contribution < 1.29 is 14.2 Å². The molecule has 0 N–H and O–H groups in total. The molecule has 0 saturated carbocycles. The summed E-state index contributed by atoms with van der Waals surface area (Å²) in [6.07, 6.45) is 0. The van der Waals surface area contributed by atoms with E-state index in [1.54, 1.807) is 6.07 Å². The van der Waals surface area contributed by atoms with Gasteiger partial charge in [0.15, 0.2) is 0 Å². The van der Waals surface area contributed by atoms with Crippen LogP contribution in [0.5, 0.6) is 0 Å². The van der Waals surface area contributed by atoms with Gasteiger partial charge in [-0.25, -0.2) is 0 Å². The fourth-order valence-corrected chi connectivity index (χ4v) is 2.31. The third-order valence-corrected chi connectivity index (χ3v) is 4.34. The number of hydrogen-bond acceptors (Lipinski definition) is 5. The predicted molar refractivity (Wildman–Crippen MR) is 66.7 cm³/mol. The fraction of sp³-hybridized carbons (Fsp3) is 0.600. The maximum absolute atomic E-state index is 10.6. The zero-order valence-electron chi connectivity index (χ0n) is 10.2. The van der Waals surface area contributed by atoms with E-state index in [-0.39, 0.29) is 5.00 Å². The maximum atomic E-state index is 10.6. The van der Waals surface area contributed by atoms with Crippen molar-refractivity contribution in [3.63, 3.8) is 0 Å². The van der Waals surface area contributed by atoms with Gasteiger partial charge in [0.2, 0.25) is 0 Å². The van der Waals surface area contributed by atoms with Crippen LogP contribution in [0.1, 0.15) is 27.7 Å². The summed E-state index contributed by atoms with van der Waals surface area (Å²) >= 11 is 1.09. The average Bonchev–Trinajstić information content (AvgIpc) is 2.70. The second-order valence-electron chi connectivity index (χ2n) is 5.02. The Balaban J connectivity index is 2.23. The molecule has 0 aliphatic carbocycles. The van der Waals surface area contributed by atoms with Gasteiger partial charge in [0.1, 0.15) is 0 Å². The Morgan fingerprint density at radius 1 is 1.24 bits per heavy atom. The van der Waals surface area contributed by atoms with Crippen LogP contribution < -0.4 is 4.78 Å². The summed E-state index contributed by atoms with van der Waals surface area (Å²) in [6.45, 7) is 7.81. The lowest BCUT2D eigenvalue weighted by Crippen LogP contribution is -2.41. The topological polar surface area (TPSA) is 61.6 Å². The summed E-state index contributed by atoms with van der Waals surface area (Å²) in [4.78, 5) is 10.2. The summed E-state index contributed by atoms with van der Waals surface area (Å²) in [7, 11) is -0.515. The van der Waals surface area contributed by atoms with Crippen LogP contribution >= 0.6 is 11.3 Å². The molecule has 1 saturated heterocycles. The standard InChI is InChI=1S/C10H14BNO4S/c1-9(2)10(3,4)16-11(15-9)7-5-6-8(17-7)12(13)14/h5-6H,1-4H3. The van der Waals surface area contributed by atoms with Crippen LogP contribution in [0, 0.1) is 10.1 Å². The first-order valence-corrected chi connectivity index (χ1v) is 6.14. The van der Waals surface area contributed by atoms with Crippen LogP contribution in [-0.4, -0.2) is 23.2 Å². The van der Waals surface area contributed by atoms with Crippen LogP contribution in [0.4, 0.5) is 5.00 Å². The Hall–Kier alpha value is -0.915. The summed E-state index contributed by atoms with van der Waals surface area (Å²) in [6, 6.07) is 3.16. The molecule has 1 aromatic heterocycles. The number of hydrogen-bond donors (Lipinski definition) is 0. The second-order valence-corrected chi connectivity index (χ2v) is 6.12. The van der Waals surface area contributed by atoms with Gasteiger partial charge in [0.25, 0.3) is 0 Å². The molecule has 0 amide bonds. The van der Waals surface area contributed by atoms with Crippen LogP contribution in [-0.2, 0) is 9.31 Å². The molecule has 1 aliphatic heterocycles. The van der Waals surface area contributed by atoms with Gasteiger partial charge in [-0.1, -0.05) is 11.3 Å². The SMILES string of the molecule is CC1(C)OB(c2ccc([N+](=O)[O-])s2)OC1(C)C. The smallest absolute Gasteiger partial charge is 0.399 e. The highest BCUT2D eigenvalue weighted by atomic mass is 32.1. The molecule has 0 atom stereocenters. The molecule has 2 heterocycles. The Bertz CT molecular complexity index is 441. The lowest BCUT2D eigenvalue weighted by atomic mass is 9.88. The molecule has 0 aromatic carbocycles. The van der Waals surface area contributed by atoms with E-state index >= 15 is 0 Å². The van der Waals surface area contributed by atoms with Gasteiger partial charge in [-0.05, 0) is 33.8 Å². The van der Waals surface area contributed by atoms with E-state index in [2.05, 4.69) is 0 Å². The van der Waals surface area contributed by atoms with Crippen molar-refractivity contribution in [2.45, 2.75) is 38.9 Å². The molecule has 0 bridgehead atoms. The molecule has 5 nitrogen and oxygen atoms in total. The first-order chi connectivity index (χ1) is 7.73. The third-order valence-electron chi connectivity index (χ3n) is 3.28. The largest absolute Gasteiger partial charge is 0.505 e. The van der Waals surface area contributed by atoms with E-state index in [1.165, 1.54) is 6.07 Å². The van der Waals surface area contributed by atoms with Crippen molar-refractivity contribution in [1.29, 1.82) is 0 Å². The fourth-order valence-electron chi connectivity index (χ4n) is 1.53. The third kappa shape index (κ3) is 2.10. The van der Waals surface area contributed by atoms with Gasteiger partial charge in [-0.15, -0.1) is 0 Å². The minimum absolute atomic E-state index is 0.106. The summed E-state index contributed by atoms with van der Waals surface area (Å²) in [5.74, 6) is 0. The van der Waals surface area contributed by atoms with E-state index in [0.717, 1.165) is 16.1 Å². The Morgan fingerprint density at radius 3 is 2.18 bits per heavy atom. The molecule has 1 aromatic rings. The van der Waals surface area contributed by atoms with E-state index in [0.29, 0.717) is 0 Å². The van der Waals surface area contributed by atoms with Crippen LogP contribution in [0.2, 0.25) is 0 Å². The van der Waals surface area contributed by atoms with E-state index in [1.807, 2.05) is 27.7 Å². The molecule has 17 heavy (non-hydrogen) atoms. The van der Waals surface area contributed by atoms with Gasteiger partial charge < -0.3 is 9.31 Å². The van der Waals surface area contributed by atoms with Crippen molar-refractivity contribution in [3.8, 4) is 0 Å². The van der Waals surface area contributed by atoms with Crippen molar-refractivity contribution in [1.82, 2.24) is 0 Å². The highest BCUT2D eigenvalue weighted by molar-refractivity contribution is 7.25. The van der Waals surface area contributed by atoms with Crippen molar-refractivity contribution in [2.24, 2.45) is 0 Å². The zero-order chi connectivity index (χ0) is 12.8. The number of nitro groups is 1. The van der Waals surface area contributed by atoms with Crippen molar-refractivity contribution in [2.75, 3.05) is 0 Å². The number of nitrogens with zero attached hydrogens (tertiary/aromatic N) is 1. The van der Waals surface area contributed by atoms with Crippen LogP contribution in [0.25, 0.3) is 0 Å². The minimum atomic E-state index is -0.515. The normalized spacial score (nSPS) is 21.8. The molecule has 0 radical (unpaired) electrons. The highest BCUT2D eigenvalue weighted by Crippen LogP contribution is 2.37. The molecule has 1 fully saturated rings. The van der Waals surface area contributed by atoms with Gasteiger partial charge in [-0.2, -0.15) is 0 Å². The zero-order valence-corrected chi connectivity index (χ0v) is 11.0. The van der Waals surface area contributed by atoms with E-state index < -0.39 is 23.2 Å². The van der Waals surface area contributed by atoms with E-state index in [4.69, 9.17) is 9.31 Å². The predicted octanol–water partition coefficient (Wildman–Crippen LogP) is 1.96. The molecular formula is C10H14BNO4S. The highest BCUT2D eigenvalue weighted by Gasteiger charge is 2.52. The Kier molecular flexibility index (Phi) is 2.80. The first-order valence-electron chi connectivity index (χ1n) is 5.33. The number of thiophene rings is 1. The maximum Gasteiger partial charge on any atom is 0.505 e. The van der Waals surface area contributed by atoms with Crippen molar-refractivity contribution in [3.05, 3.63) is 22.2 Å². The molecule has 1 aliphatic rings. The second kappa shape index (κ2) is 3.79. The summed E-state index contributed by atoms with van der Waals surface area (Å²) in [5, 5.41) is 10.7. The monoisotopic (exact) mass is 255 g/mol. The summed E-state index contributed by atoms with van der Waals surface area (Å²) in [5.41, 5.74) is -0.840. The van der Waals surface area contributed by atoms with Crippen LogP contribution in [0.15, 0.2) is 12.1 Å². The first kappa shape index (κ1) is 12.5. The minimum Gasteiger partial charge on any atom is -0.399 e. The quantitative estimate of drug-likeness (QED) is 0.460. The molecule has 0 unspecified atom stereocenters. The molecule has 92 valence electrons. The molecule has 0 spiro atoms. The van der Waals surface area contributed by atoms with Crippen LogP contribution in [0.3, 0.4) is 0 Å². The average molecular weight is 255 g/mol.